The monoisotopic (exact) mass is 336 g/mol. The van der Waals surface area contributed by atoms with Crippen LogP contribution in [-0.4, -0.2) is 35.0 Å². The Morgan fingerprint density at radius 1 is 1.30 bits per heavy atom. The normalized spacial score (nSPS) is 22.3. The van der Waals surface area contributed by atoms with Crippen molar-refractivity contribution in [3.8, 4) is 5.75 Å². The van der Waals surface area contributed by atoms with Gasteiger partial charge in [0.2, 0.25) is 5.91 Å². The third-order valence-corrected chi connectivity index (χ3v) is 5.28. The van der Waals surface area contributed by atoms with Crippen LogP contribution in [0.15, 0.2) is 18.5 Å². The molecular formula is C18H25ClN2O2. The summed E-state index contributed by atoms with van der Waals surface area (Å²) in [5, 5.41) is 0.525. The summed E-state index contributed by atoms with van der Waals surface area (Å²) in [5.41, 5.74) is 0. The summed E-state index contributed by atoms with van der Waals surface area (Å²) in [6.07, 6.45) is 12.3. The number of likely N-dealkylation sites (tertiary alicyclic amines) is 1. The van der Waals surface area contributed by atoms with Crippen LogP contribution < -0.4 is 4.74 Å². The number of rotatable bonds is 5. The van der Waals surface area contributed by atoms with Gasteiger partial charge in [0.15, 0.2) is 0 Å². The van der Waals surface area contributed by atoms with Crippen molar-refractivity contribution in [2.45, 2.75) is 57.5 Å². The number of pyridine rings is 1. The first-order valence-electron chi connectivity index (χ1n) is 8.76. The van der Waals surface area contributed by atoms with Gasteiger partial charge in [0.25, 0.3) is 0 Å². The average Bonchev–Trinajstić information content (AvgIpc) is 3.08. The second-order valence-corrected chi connectivity index (χ2v) is 7.12. The highest BCUT2D eigenvalue weighted by Crippen LogP contribution is 2.29. The second kappa shape index (κ2) is 8.00. The third kappa shape index (κ3) is 4.60. The number of aromatic nitrogens is 1. The molecule has 0 spiro atoms. The summed E-state index contributed by atoms with van der Waals surface area (Å²) < 4.78 is 5.98. The van der Waals surface area contributed by atoms with Crippen molar-refractivity contribution in [2.24, 2.45) is 5.92 Å². The van der Waals surface area contributed by atoms with Gasteiger partial charge in [-0.25, -0.2) is 0 Å². The molecule has 0 aromatic carbocycles. The number of ether oxygens (including phenoxy) is 1. The van der Waals surface area contributed by atoms with E-state index in [1.54, 1.807) is 18.5 Å². The Hall–Kier alpha value is -1.29. The summed E-state index contributed by atoms with van der Waals surface area (Å²) in [4.78, 5) is 18.4. The predicted octanol–water partition coefficient (Wildman–Crippen LogP) is 4.08. The molecule has 1 saturated heterocycles. The number of nitrogens with zero attached hydrogens (tertiary/aromatic N) is 2. The molecule has 1 unspecified atom stereocenters. The van der Waals surface area contributed by atoms with E-state index in [0.29, 0.717) is 23.7 Å². The number of carbonyl (C=O) groups is 1. The number of piperidine rings is 1. The summed E-state index contributed by atoms with van der Waals surface area (Å²) in [6, 6.07) is 1.78. The summed E-state index contributed by atoms with van der Waals surface area (Å²) in [6.45, 7) is 1.52. The topological polar surface area (TPSA) is 42.4 Å². The second-order valence-electron chi connectivity index (χ2n) is 6.72. The molecule has 1 aromatic heterocycles. The maximum atomic E-state index is 12.5. The van der Waals surface area contributed by atoms with Crippen molar-refractivity contribution >= 4 is 17.5 Å². The standard InChI is InChI=1S/C18H25ClN2O2/c19-16-12-20-10-9-17(16)23-15-6-3-11-21(13-15)18(22)8-7-14-4-1-2-5-14/h9-10,12,14-15H,1-8,11,13H2. The van der Waals surface area contributed by atoms with Gasteiger partial charge in [0.05, 0.1) is 6.54 Å². The van der Waals surface area contributed by atoms with Crippen molar-refractivity contribution in [3.63, 3.8) is 0 Å². The van der Waals surface area contributed by atoms with E-state index in [1.807, 2.05) is 4.90 Å². The zero-order valence-corrected chi connectivity index (χ0v) is 14.3. The Morgan fingerprint density at radius 3 is 2.91 bits per heavy atom. The summed E-state index contributed by atoms with van der Waals surface area (Å²) >= 11 is 6.10. The fraction of sp³-hybridized carbons (Fsp3) is 0.667. The van der Waals surface area contributed by atoms with Crippen molar-refractivity contribution in [3.05, 3.63) is 23.5 Å². The Kier molecular flexibility index (Phi) is 5.76. The van der Waals surface area contributed by atoms with Gasteiger partial charge in [-0.1, -0.05) is 37.3 Å². The minimum Gasteiger partial charge on any atom is -0.487 e. The van der Waals surface area contributed by atoms with Crippen LogP contribution in [0.3, 0.4) is 0 Å². The van der Waals surface area contributed by atoms with Crippen molar-refractivity contribution in [1.82, 2.24) is 9.88 Å². The lowest BCUT2D eigenvalue weighted by molar-refractivity contribution is -0.134. The minimum atomic E-state index is 0.0269. The Morgan fingerprint density at radius 2 is 2.13 bits per heavy atom. The fourth-order valence-electron chi connectivity index (χ4n) is 3.68. The molecule has 0 radical (unpaired) electrons. The van der Waals surface area contributed by atoms with Gasteiger partial charge in [-0.3, -0.25) is 9.78 Å². The number of amides is 1. The Bertz CT molecular complexity index is 532. The highest BCUT2D eigenvalue weighted by Gasteiger charge is 2.26. The van der Waals surface area contributed by atoms with E-state index in [-0.39, 0.29) is 12.0 Å². The molecule has 1 saturated carbocycles. The molecule has 5 heteroatoms. The molecule has 126 valence electrons. The van der Waals surface area contributed by atoms with Gasteiger partial charge in [-0.15, -0.1) is 0 Å². The maximum Gasteiger partial charge on any atom is 0.222 e. The van der Waals surface area contributed by atoms with Crippen LogP contribution in [0.1, 0.15) is 51.4 Å². The van der Waals surface area contributed by atoms with Crippen molar-refractivity contribution in [2.75, 3.05) is 13.1 Å². The molecule has 1 aliphatic carbocycles. The van der Waals surface area contributed by atoms with Gasteiger partial charge < -0.3 is 9.64 Å². The number of carbonyl (C=O) groups excluding carboxylic acids is 1. The lowest BCUT2D eigenvalue weighted by Gasteiger charge is -2.33. The number of hydrogen-bond acceptors (Lipinski definition) is 3. The average molecular weight is 337 g/mol. The highest BCUT2D eigenvalue weighted by atomic mass is 35.5. The van der Waals surface area contributed by atoms with Crippen LogP contribution in [-0.2, 0) is 4.79 Å². The zero-order valence-electron chi connectivity index (χ0n) is 13.5. The third-order valence-electron chi connectivity index (χ3n) is 5.00. The smallest absolute Gasteiger partial charge is 0.222 e. The van der Waals surface area contributed by atoms with Gasteiger partial charge in [-0.2, -0.15) is 0 Å². The largest absolute Gasteiger partial charge is 0.487 e. The zero-order chi connectivity index (χ0) is 16.1. The summed E-state index contributed by atoms with van der Waals surface area (Å²) in [7, 11) is 0. The van der Waals surface area contributed by atoms with Crippen LogP contribution in [0.5, 0.6) is 5.75 Å². The first-order valence-corrected chi connectivity index (χ1v) is 9.14. The van der Waals surface area contributed by atoms with E-state index in [0.717, 1.165) is 31.7 Å². The molecule has 2 fully saturated rings. The Balaban J connectivity index is 1.49. The van der Waals surface area contributed by atoms with Crippen LogP contribution in [0.4, 0.5) is 0 Å². The molecule has 0 N–H and O–H groups in total. The molecule has 2 aliphatic rings. The number of hydrogen-bond donors (Lipinski definition) is 0. The lowest BCUT2D eigenvalue weighted by atomic mass is 10.0. The molecule has 0 bridgehead atoms. The van der Waals surface area contributed by atoms with Crippen LogP contribution in [0.2, 0.25) is 5.02 Å². The quantitative estimate of drug-likeness (QED) is 0.813. The minimum absolute atomic E-state index is 0.0269. The Labute approximate surface area is 143 Å². The van der Waals surface area contributed by atoms with E-state index in [4.69, 9.17) is 16.3 Å². The molecule has 2 heterocycles. The molecular weight excluding hydrogens is 312 g/mol. The van der Waals surface area contributed by atoms with Crippen LogP contribution in [0.25, 0.3) is 0 Å². The molecule has 1 aromatic rings. The molecule has 1 amide bonds. The van der Waals surface area contributed by atoms with Crippen LogP contribution in [0, 0.1) is 5.92 Å². The van der Waals surface area contributed by atoms with Gasteiger partial charge in [-0.05, 0) is 25.2 Å². The molecule has 23 heavy (non-hydrogen) atoms. The first-order chi connectivity index (χ1) is 11.2. The van der Waals surface area contributed by atoms with E-state index in [9.17, 15) is 4.79 Å². The lowest BCUT2D eigenvalue weighted by Crippen LogP contribution is -2.44. The van der Waals surface area contributed by atoms with Crippen molar-refractivity contribution in [1.29, 1.82) is 0 Å². The molecule has 4 nitrogen and oxygen atoms in total. The maximum absolute atomic E-state index is 12.5. The number of halogens is 1. The van der Waals surface area contributed by atoms with E-state index in [2.05, 4.69) is 4.98 Å². The van der Waals surface area contributed by atoms with E-state index < -0.39 is 0 Å². The predicted molar refractivity (Wildman–Crippen MR) is 90.7 cm³/mol. The van der Waals surface area contributed by atoms with Crippen LogP contribution >= 0.6 is 11.6 Å². The highest BCUT2D eigenvalue weighted by molar-refractivity contribution is 6.31. The summed E-state index contributed by atoms with van der Waals surface area (Å²) in [5.74, 6) is 1.71. The SMILES string of the molecule is O=C(CCC1CCCC1)N1CCCC(Oc2ccncc2Cl)C1. The molecule has 1 aliphatic heterocycles. The van der Waals surface area contributed by atoms with Gasteiger partial charge in [0.1, 0.15) is 16.9 Å². The van der Waals surface area contributed by atoms with E-state index in [1.165, 1.54) is 25.7 Å². The van der Waals surface area contributed by atoms with E-state index >= 15 is 0 Å². The fourth-order valence-corrected chi connectivity index (χ4v) is 3.85. The molecule has 3 rings (SSSR count). The van der Waals surface area contributed by atoms with Crippen molar-refractivity contribution < 1.29 is 9.53 Å². The first kappa shape index (κ1) is 16.6. The van der Waals surface area contributed by atoms with Gasteiger partial charge >= 0.3 is 0 Å². The molecule has 1 atom stereocenters. The van der Waals surface area contributed by atoms with Gasteiger partial charge in [0, 0.05) is 31.4 Å².